The van der Waals surface area contributed by atoms with Crippen LogP contribution in [0.4, 0.5) is 0 Å². The summed E-state index contributed by atoms with van der Waals surface area (Å²) in [5, 5.41) is 3.46. The maximum atomic E-state index is 3.87. The maximum absolute atomic E-state index is 3.87. The van der Waals surface area contributed by atoms with E-state index in [9.17, 15) is 0 Å². The van der Waals surface area contributed by atoms with Crippen LogP contribution in [0, 0.1) is 5.92 Å². The lowest BCUT2D eigenvalue weighted by molar-refractivity contribution is 0.0698. The van der Waals surface area contributed by atoms with Gasteiger partial charge in [0.25, 0.3) is 0 Å². The molecule has 0 heterocycles. The number of rotatable bonds is 7. The number of likely N-dealkylation sites (N-methyl/N-ethyl adjacent to an activating group) is 1. The molecule has 1 unspecified atom stereocenters. The Kier molecular flexibility index (Phi) is 6.93. The molecule has 0 bridgehead atoms. The Morgan fingerprint density at radius 3 is 2.19 bits per heavy atom. The third-order valence-corrected chi connectivity index (χ3v) is 2.96. The van der Waals surface area contributed by atoms with E-state index in [2.05, 4.69) is 58.3 Å². The van der Waals surface area contributed by atoms with Gasteiger partial charge in [-0.05, 0) is 33.2 Å². The third-order valence-electron chi connectivity index (χ3n) is 2.96. The monoisotopic (exact) mass is 226 g/mol. The first-order chi connectivity index (χ1) is 7.34. The summed E-state index contributed by atoms with van der Waals surface area (Å²) >= 11 is 0. The molecule has 0 aromatic rings. The van der Waals surface area contributed by atoms with Crippen LogP contribution >= 0.6 is 0 Å². The van der Waals surface area contributed by atoms with E-state index in [1.807, 2.05) is 6.08 Å². The molecule has 0 saturated carbocycles. The summed E-state index contributed by atoms with van der Waals surface area (Å²) in [4.78, 5) is 2.54. The van der Waals surface area contributed by atoms with Gasteiger partial charge in [-0.3, -0.25) is 4.90 Å². The maximum Gasteiger partial charge on any atom is 0.0252 e. The first kappa shape index (κ1) is 15.7. The molecule has 0 spiro atoms. The van der Waals surface area contributed by atoms with Crippen molar-refractivity contribution in [1.82, 2.24) is 10.2 Å². The molecule has 0 fully saturated rings. The van der Waals surface area contributed by atoms with Gasteiger partial charge in [-0.25, -0.2) is 0 Å². The molecule has 1 N–H and O–H groups in total. The predicted octanol–water partition coefficient (Wildman–Crippen LogP) is 2.91. The smallest absolute Gasteiger partial charge is 0.0252 e. The molecule has 0 aliphatic rings. The van der Waals surface area contributed by atoms with Crippen LogP contribution in [-0.4, -0.2) is 36.1 Å². The van der Waals surface area contributed by atoms with Gasteiger partial charge in [0.05, 0.1) is 0 Å². The molecule has 0 aliphatic carbocycles. The molecular weight excluding hydrogens is 196 g/mol. The minimum Gasteiger partial charge on any atom is -0.315 e. The van der Waals surface area contributed by atoms with Crippen molar-refractivity contribution >= 4 is 0 Å². The summed E-state index contributed by atoms with van der Waals surface area (Å²) < 4.78 is 0. The molecule has 0 saturated heterocycles. The van der Waals surface area contributed by atoms with Crippen molar-refractivity contribution in [2.75, 3.05) is 19.6 Å². The lowest BCUT2D eigenvalue weighted by atomic mass is 9.95. The second-order valence-electron chi connectivity index (χ2n) is 5.73. The fourth-order valence-corrected chi connectivity index (χ4v) is 2.04. The molecule has 96 valence electrons. The van der Waals surface area contributed by atoms with Gasteiger partial charge in [-0.2, -0.15) is 0 Å². The van der Waals surface area contributed by atoms with Crippen molar-refractivity contribution in [2.24, 2.45) is 5.92 Å². The summed E-state index contributed by atoms with van der Waals surface area (Å²) in [6, 6.07) is 0.568. The van der Waals surface area contributed by atoms with Crippen molar-refractivity contribution in [1.29, 1.82) is 0 Å². The van der Waals surface area contributed by atoms with E-state index in [1.54, 1.807) is 0 Å². The topological polar surface area (TPSA) is 15.3 Å². The quantitative estimate of drug-likeness (QED) is 0.672. The molecule has 0 radical (unpaired) electrons. The van der Waals surface area contributed by atoms with Crippen LogP contribution in [0.25, 0.3) is 0 Å². The highest BCUT2D eigenvalue weighted by Crippen LogP contribution is 2.21. The molecular formula is C14H30N2. The first-order valence-corrected chi connectivity index (χ1v) is 6.43. The fourth-order valence-electron chi connectivity index (χ4n) is 2.04. The number of nitrogens with zero attached hydrogens (tertiary/aromatic N) is 1. The lowest BCUT2D eigenvalue weighted by Gasteiger charge is -2.43. The van der Waals surface area contributed by atoms with E-state index >= 15 is 0 Å². The third kappa shape index (κ3) is 5.13. The molecule has 0 rings (SSSR count). The van der Waals surface area contributed by atoms with Crippen LogP contribution in [0.1, 0.15) is 41.5 Å². The van der Waals surface area contributed by atoms with Crippen LogP contribution in [0.3, 0.4) is 0 Å². The van der Waals surface area contributed by atoms with Crippen LogP contribution in [0.15, 0.2) is 12.7 Å². The van der Waals surface area contributed by atoms with E-state index in [-0.39, 0.29) is 5.54 Å². The van der Waals surface area contributed by atoms with Gasteiger partial charge < -0.3 is 5.32 Å². The van der Waals surface area contributed by atoms with Crippen LogP contribution in [0.5, 0.6) is 0 Å². The molecule has 16 heavy (non-hydrogen) atoms. The fraction of sp³-hybridized carbons (Fsp3) is 0.857. The Hall–Kier alpha value is -0.340. The Morgan fingerprint density at radius 2 is 1.88 bits per heavy atom. The Morgan fingerprint density at radius 1 is 1.31 bits per heavy atom. The van der Waals surface area contributed by atoms with E-state index in [4.69, 9.17) is 0 Å². The van der Waals surface area contributed by atoms with Gasteiger partial charge in [0.1, 0.15) is 0 Å². The van der Waals surface area contributed by atoms with Crippen LogP contribution in [-0.2, 0) is 0 Å². The van der Waals surface area contributed by atoms with Gasteiger partial charge in [0.15, 0.2) is 0 Å². The summed E-state index contributed by atoms with van der Waals surface area (Å²) in [7, 11) is 0. The van der Waals surface area contributed by atoms with E-state index in [0.717, 1.165) is 19.6 Å². The molecule has 0 aliphatic heterocycles. The Balaban J connectivity index is 4.72. The van der Waals surface area contributed by atoms with Crippen molar-refractivity contribution in [3.05, 3.63) is 12.7 Å². The second kappa shape index (κ2) is 7.08. The van der Waals surface area contributed by atoms with Gasteiger partial charge in [0.2, 0.25) is 0 Å². The summed E-state index contributed by atoms with van der Waals surface area (Å²) in [5.74, 6) is 0.651. The van der Waals surface area contributed by atoms with Crippen molar-refractivity contribution in [3.63, 3.8) is 0 Å². The van der Waals surface area contributed by atoms with Crippen LogP contribution in [0.2, 0.25) is 0 Å². The highest BCUT2D eigenvalue weighted by Gasteiger charge is 2.29. The number of nitrogens with one attached hydrogen (secondary N) is 1. The normalized spacial score (nSPS) is 14.5. The van der Waals surface area contributed by atoms with Gasteiger partial charge in [-0.15, -0.1) is 6.58 Å². The minimum absolute atomic E-state index is 0.193. The SMILES string of the molecule is C=CCN(C(CNCC)C(C)C)C(C)(C)C. The second-order valence-corrected chi connectivity index (χ2v) is 5.73. The summed E-state index contributed by atoms with van der Waals surface area (Å²) in [5.41, 5.74) is 0.193. The number of hydrogen-bond acceptors (Lipinski definition) is 2. The molecule has 1 atom stereocenters. The van der Waals surface area contributed by atoms with E-state index < -0.39 is 0 Å². The van der Waals surface area contributed by atoms with E-state index in [1.165, 1.54) is 0 Å². The molecule has 0 amide bonds. The molecule has 0 aromatic carbocycles. The Bertz CT molecular complexity index is 191. The molecule has 2 heteroatoms. The van der Waals surface area contributed by atoms with Gasteiger partial charge in [0, 0.05) is 24.7 Å². The van der Waals surface area contributed by atoms with Crippen LogP contribution < -0.4 is 5.32 Å². The first-order valence-electron chi connectivity index (χ1n) is 6.43. The minimum atomic E-state index is 0.193. The van der Waals surface area contributed by atoms with Crippen molar-refractivity contribution < 1.29 is 0 Å². The zero-order valence-electron chi connectivity index (χ0n) is 12.0. The standard InChI is InChI=1S/C14H30N2/c1-8-10-16(14(5,6)7)13(12(3)4)11-15-9-2/h8,12-13,15H,1,9-11H2,2-7H3. The van der Waals surface area contributed by atoms with E-state index in [0.29, 0.717) is 12.0 Å². The zero-order chi connectivity index (χ0) is 12.8. The average Bonchev–Trinajstić information content (AvgIpc) is 2.14. The average molecular weight is 226 g/mol. The van der Waals surface area contributed by atoms with Crippen molar-refractivity contribution in [3.8, 4) is 0 Å². The number of hydrogen-bond donors (Lipinski definition) is 1. The van der Waals surface area contributed by atoms with Gasteiger partial charge >= 0.3 is 0 Å². The molecule has 2 nitrogen and oxygen atoms in total. The predicted molar refractivity (Wildman–Crippen MR) is 73.8 cm³/mol. The summed E-state index contributed by atoms with van der Waals surface area (Å²) in [6.45, 7) is 20.5. The zero-order valence-corrected chi connectivity index (χ0v) is 12.0. The lowest BCUT2D eigenvalue weighted by Crippen LogP contribution is -2.54. The largest absolute Gasteiger partial charge is 0.315 e. The highest BCUT2D eigenvalue weighted by molar-refractivity contribution is 4.90. The highest BCUT2D eigenvalue weighted by atomic mass is 15.2. The summed E-state index contributed by atoms with van der Waals surface area (Å²) in [6.07, 6.45) is 2.01. The van der Waals surface area contributed by atoms with Crippen molar-refractivity contribution in [2.45, 2.75) is 53.1 Å². The Labute approximate surface area is 102 Å². The van der Waals surface area contributed by atoms with Gasteiger partial charge in [-0.1, -0.05) is 26.8 Å². The molecule has 0 aromatic heterocycles.